The van der Waals surface area contributed by atoms with Gasteiger partial charge in [0.25, 0.3) is 11.8 Å². The summed E-state index contributed by atoms with van der Waals surface area (Å²) in [5, 5.41) is 8.98. The zero-order chi connectivity index (χ0) is 30.9. The van der Waals surface area contributed by atoms with Gasteiger partial charge in [-0.05, 0) is 79.2 Å². The maximum absolute atomic E-state index is 13.4. The third-order valence-electron chi connectivity index (χ3n) is 6.07. The lowest BCUT2D eigenvalue weighted by Gasteiger charge is -2.12. The molecule has 4 aromatic carbocycles. The van der Waals surface area contributed by atoms with Crippen molar-refractivity contribution in [1.29, 1.82) is 0 Å². The van der Waals surface area contributed by atoms with Crippen LogP contribution in [0, 0.1) is 0 Å². The molecule has 5 aromatic rings. The van der Waals surface area contributed by atoms with E-state index in [9.17, 15) is 14.4 Å². The van der Waals surface area contributed by atoms with E-state index in [4.69, 9.17) is 4.74 Å². The molecular weight excluding hydrogens is 660 g/mol. The number of hydrogen-bond acceptors (Lipinski definition) is 7. The lowest BCUT2D eigenvalue weighted by Crippen LogP contribution is -2.30. The van der Waals surface area contributed by atoms with Crippen molar-refractivity contribution >= 4 is 83.9 Å². The van der Waals surface area contributed by atoms with E-state index in [1.807, 2.05) is 61.5 Å². The standard InChI is InChI=1S/C33H27BrN4O4S2/c1-2-42-25-14-15-27-29(19-25)44-33(37-27)38-30(39)20-43-26-13-7-12-24(18-26)35-32(41)28(17-21-8-6-11-23(34)16-21)36-31(40)22-9-4-3-5-10-22/h3-19H,2,20H2,1H3,(H,35,41)(H,36,40)(H,37,38,39)/b28-17+. The Hall–Kier alpha value is -4.45. The van der Waals surface area contributed by atoms with Gasteiger partial charge in [-0.25, -0.2) is 4.98 Å². The number of ether oxygens (including phenoxy) is 1. The number of thiazole rings is 1. The highest BCUT2D eigenvalue weighted by atomic mass is 79.9. The summed E-state index contributed by atoms with van der Waals surface area (Å²) in [6.07, 6.45) is 1.61. The normalized spacial score (nSPS) is 11.2. The van der Waals surface area contributed by atoms with E-state index in [1.54, 1.807) is 48.5 Å². The highest BCUT2D eigenvalue weighted by molar-refractivity contribution is 9.10. The Morgan fingerprint density at radius 2 is 1.75 bits per heavy atom. The predicted molar refractivity (Wildman–Crippen MR) is 181 cm³/mol. The van der Waals surface area contributed by atoms with Crippen LogP contribution in [0.4, 0.5) is 10.8 Å². The molecule has 0 bridgehead atoms. The van der Waals surface area contributed by atoms with Gasteiger partial charge in [-0.3, -0.25) is 14.4 Å². The first kappa shape index (κ1) is 31.0. The monoisotopic (exact) mass is 686 g/mol. The SMILES string of the molecule is CCOc1ccc2nc(NC(=O)CSc3cccc(NC(=O)/C(=C\c4cccc(Br)c4)NC(=O)c4ccccc4)c3)sc2c1. The number of benzene rings is 4. The number of carbonyl (C=O) groups excluding carboxylic acids is 3. The van der Waals surface area contributed by atoms with E-state index < -0.39 is 11.8 Å². The molecule has 0 saturated carbocycles. The van der Waals surface area contributed by atoms with Crippen molar-refractivity contribution < 1.29 is 19.1 Å². The van der Waals surface area contributed by atoms with Gasteiger partial charge >= 0.3 is 0 Å². The molecule has 0 aliphatic rings. The molecule has 1 heterocycles. The average Bonchev–Trinajstić information content (AvgIpc) is 3.42. The van der Waals surface area contributed by atoms with Crippen molar-refractivity contribution in [1.82, 2.24) is 10.3 Å². The molecule has 11 heteroatoms. The van der Waals surface area contributed by atoms with Crippen LogP contribution in [0.15, 0.2) is 112 Å². The van der Waals surface area contributed by atoms with E-state index in [-0.39, 0.29) is 17.4 Å². The second-order valence-corrected chi connectivity index (χ2v) is 12.3. The molecule has 0 spiro atoms. The van der Waals surface area contributed by atoms with E-state index in [0.29, 0.717) is 23.0 Å². The Bertz CT molecular complexity index is 1840. The molecule has 0 aliphatic heterocycles. The molecule has 5 rings (SSSR count). The number of aromatic nitrogens is 1. The second-order valence-electron chi connectivity index (χ2n) is 9.33. The van der Waals surface area contributed by atoms with E-state index in [1.165, 1.54) is 23.1 Å². The van der Waals surface area contributed by atoms with Gasteiger partial charge in [0.2, 0.25) is 5.91 Å². The average molecular weight is 688 g/mol. The number of nitrogens with zero attached hydrogens (tertiary/aromatic N) is 1. The topological polar surface area (TPSA) is 109 Å². The largest absolute Gasteiger partial charge is 0.494 e. The van der Waals surface area contributed by atoms with Crippen LogP contribution in [-0.2, 0) is 9.59 Å². The van der Waals surface area contributed by atoms with Crippen molar-refractivity contribution in [3.8, 4) is 5.75 Å². The Morgan fingerprint density at radius 1 is 0.932 bits per heavy atom. The number of nitrogens with one attached hydrogen (secondary N) is 3. The molecule has 44 heavy (non-hydrogen) atoms. The number of rotatable bonds is 11. The summed E-state index contributed by atoms with van der Waals surface area (Å²) in [5.74, 6) is -0.175. The number of anilines is 2. The van der Waals surface area contributed by atoms with Gasteiger partial charge < -0.3 is 20.7 Å². The molecule has 0 atom stereocenters. The highest BCUT2D eigenvalue weighted by Gasteiger charge is 2.16. The van der Waals surface area contributed by atoms with Crippen LogP contribution < -0.4 is 20.7 Å². The van der Waals surface area contributed by atoms with E-state index >= 15 is 0 Å². The van der Waals surface area contributed by atoms with E-state index in [2.05, 4.69) is 36.9 Å². The van der Waals surface area contributed by atoms with Crippen LogP contribution in [0.25, 0.3) is 16.3 Å². The summed E-state index contributed by atoms with van der Waals surface area (Å²) >= 11 is 6.16. The summed E-state index contributed by atoms with van der Waals surface area (Å²) in [5.41, 5.74) is 2.55. The quantitative estimate of drug-likeness (QED) is 0.0975. The van der Waals surface area contributed by atoms with Gasteiger partial charge in [-0.1, -0.05) is 63.7 Å². The lowest BCUT2D eigenvalue weighted by atomic mass is 10.1. The fourth-order valence-electron chi connectivity index (χ4n) is 4.09. The van der Waals surface area contributed by atoms with Crippen molar-refractivity contribution in [2.45, 2.75) is 11.8 Å². The van der Waals surface area contributed by atoms with Gasteiger partial charge in [0.15, 0.2) is 5.13 Å². The van der Waals surface area contributed by atoms with Crippen molar-refractivity contribution in [2.24, 2.45) is 0 Å². The Labute approximate surface area is 271 Å². The van der Waals surface area contributed by atoms with Crippen molar-refractivity contribution in [3.05, 3.63) is 118 Å². The first-order valence-electron chi connectivity index (χ1n) is 13.6. The molecule has 3 N–H and O–H groups in total. The lowest BCUT2D eigenvalue weighted by molar-refractivity contribution is -0.114. The number of amides is 3. The summed E-state index contributed by atoms with van der Waals surface area (Å²) < 4.78 is 7.31. The number of carbonyl (C=O) groups is 3. The first-order chi connectivity index (χ1) is 21.4. The molecule has 0 fully saturated rings. The molecule has 1 aromatic heterocycles. The second kappa shape index (κ2) is 14.8. The maximum Gasteiger partial charge on any atom is 0.272 e. The zero-order valence-corrected chi connectivity index (χ0v) is 26.7. The summed E-state index contributed by atoms with van der Waals surface area (Å²) in [7, 11) is 0. The number of halogens is 1. The third kappa shape index (κ3) is 8.56. The molecule has 8 nitrogen and oxygen atoms in total. The van der Waals surface area contributed by atoms with Gasteiger partial charge in [-0.15, -0.1) is 11.8 Å². The molecule has 0 saturated heterocycles. The molecule has 3 amide bonds. The fourth-order valence-corrected chi connectivity index (χ4v) is 6.17. The zero-order valence-electron chi connectivity index (χ0n) is 23.5. The third-order valence-corrected chi connectivity index (χ3v) is 8.49. The molecule has 0 radical (unpaired) electrons. The highest BCUT2D eigenvalue weighted by Crippen LogP contribution is 2.30. The summed E-state index contributed by atoms with van der Waals surface area (Å²) in [6.45, 7) is 2.50. The summed E-state index contributed by atoms with van der Waals surface area (Å²) in [4.78, 5) is 44.3. The minimum absolute atomic E-state index is 0.0820. The first-order valence-corrected chi connectivity index (χ1v) is 16.2. The van der Waals surface area contributed by atoms with Crippen LogP contribution in [-0.4, -0.2) is 35.1 Å². The van der Waals surface area contributed by atoms with E-state index in [0.717, 1.165) is 30.9 Å². The molecular formula is C33H27BrN4O4S2. The smallest absolute Gasteiger partial charge is 0.272 e. The number of fused-ring (bicyclic) bond motifs is 1. The van der Waals surface area contributed by atoms with Crippen LogP contribution in [0.2, 0.25) is 0 Å². The van der Waals surface area contributed by atoms with Crippen LogP contribution >= 0.6 is 39.0 Å². The number of thioether (sulfide) groups is 1. The van der Waals surface area contributed by atoms with Crippen LogP contribution in [0.5, 0.6) is 5.75 Å². The van der Waals surface area contributed by atoms with Crippen molar-refractivity contribution in [3.63, 3.8) is 0 Å². The Kier molecular flexibility index (Phi) is 10.4. The Morgan fingerprint density at radius 3 is 2.55 bits per heavy atom. The minimum atomic E-state index is -0.488. The van der Waals surface area contributed by atoms with Gasteiger partial charge in [0, 0.05) is 20.6 Å². The van der Waals surface area contributed by atoms with Crippen molar-refractivity contribution in [2.75, 3.05) is 23.0 Å². The van der Waals surface area contributed by atoms with Gasteiger partial charge in [0.05, 0.1) is 22.6 Å². The van der Waals surface area contributed by atoms with Gasteiger partial charge in [-0.2, -0.15) is 0 Å². The Balaban J connectivity index is 1.23. The minimum Gasteiger partial charge on any atom is -0.494 e. The van der Waals surface area contributed by atoms with Crippen LogP contribution in [0.3, 0.4) is 0 Å². The van der Waals surface area contributed by atoms with Gasteiger partial charge in [0.1, 0.15) is 11.4 Å². The molecule has 222 valence electrons. The molecule has 0 unspecified atom stereocenters. The fraction of sp³-hybridized carbons (Fsp3) is 0.0909. The maximum atomic E-state index is 13.4. The number of hydrogen-bond donors (Lipinski definition) is 3. The van der Waals surface area contributed by atoms with Crippen LogP contribution in [0.1, 0.15) is 22.8 Å². The predicted octanol–water partition coefficient (Wildman–Crippen LogP) is 7.60. The summed E-state index contributed by atoms with van der Waals surface area (Å²) in [6, 6.07) is 28.9. The molecule has 0 aliphatic carbocycles.